The molecule has 20 heavy (non-hydrogen) atoms. The highest BCUT2D eigenvalue weighted by Crippen LogP contribution is 2.36. The van der Waals surface area contributed by atoms with Crippen LogP contribution in [0.3, 0.4) is 0 Å². The number of nitrogens with two attached hydrogens (primary N) is 1. The van der Waals surface area contributed by atoms with Gasteiger partial charge in [-0.25, -0.2) is 0 Å². The third-order valence-electron chi connectivity index (χ3n) is 4.45. The Morgan fingerprint density at radius 1 is 1.40 bits per heavy atom. The first-order chi connectivity index (χ1) is 9.61. The fourth-order valence-corrected chi connectivity index (χ4v) is 2.77. The number of nitrogens with zero attached hydrogens (tertiary/aromatic N) is 1. The van der Waals surface area contributed by atoms with Gasteiger partial charge >= 0.3 is 0 Å². The summed E-state index contributed by atoms with van der Waals surface area (Å²) < 4.78 is 5.42. The van der Waals surface area contributed by atoms with Crippen LogP contribution < -0.4 is 5.73 Å². The van der Waals surface area contributed by atoms with E-state index in [0.29, 0.717) is 25.8 Å². The predicted molar refractivity (Wildman–Crippen MR) is 76.9 cm³/mol. The summed E-state index contributed by atoms with van der Waals surface area (Å²) in [7, 11) is 0. The lowest BCUT2D eigenvalue weighted by Gasteiger charge is -2.33. The quantitative estimate of drug-likeness (QED) is 0.906. The zero-order valence-electron chi connectivity index (χ0n) is 11.9. The van der Waals surface area contributed by atoms with Crippen LogP contribution in [0.25, 0.3) is 0 Å². The summed E-state index contributed by atoms with van der Waals surface area (Å²) in [5.41, 5.74) is 6.69. The van der Waals surface area contributed by atoms with Crippen LogP contribution in [0.15, 0.2) is 30.3 Å². The third kappa shape index (κ3) is 2.45. The molecule has 0 aromatic heterocycles. The first-order valence-corrected chi connectivity index (χ1v) is 7.29. The molecule has 2 aliphatic rings. The Morgan fingerprint density at radius 3 is 2.65 bits per heavy atom. The second-order valence-corrected chi connectivity index (χ2v) is 6.19. The molecule has 2 unspecified atom stereocenters. The number of hydrogen-bond donors (Lipinski definition) is 1. The van der Waals surface area contributed by atoms with Gasteiger partial charge in [-0.15, -0.1) is 0 Å². The molecule has 4 nitrogen and oxygen atoms in total. The summed E-state index contributed by atoms with van der Waals surface area (Å²) in [6.45, 7) is 3.52. The lowest BCUT2D eigenvalue weighted by atomic mass is 9.84. The van der Waals surface area contributed by atoms with Gasteiger partial charge in [-0.3, -0.25) is 4.79 Å². The van der Waals surface area contributed by atoms with E-state index in [1.807, 2.05) is 30.0 Å². The smallest absolute Gasteiger partial charge is 0.233 e. The molecule has 1 amide bonds. The highest BCUT2D eigenvalue weighted by molar-refractivity contribution is 5.84. The minimum Gasteiger partial charge on any atom is -0.379 e. The van der Waals surface area contributed by atoms with Gasteiger partial charge in [0.05, 0.1) is 18.6 Å². The van der Waals surface area contributed by atoms with Crippen LogP contribution in [-0.4, -0.2) is 36.1 Å². The number of carbonyl (C=O) groups excluding carboxylic acids is 1. The molecule has 1 saturated carbocycles. The van der Waals surface area contributed by atoms with E-state index in [1.165, 1.54) is 5.56 Å². The first-order valence-electron chi connectivity index (χ1n) is 7.29. The van der Waals surface area contributed by atoms with E-state index in [0.717, 1.165) is 12.8 Å². The molecule has 0 bridgehead atoms. The van der Waals surface area contributed by atoms with Gasteiger partial charge in [0, 0.05) is 18.6 Å². The molecule has 108 valence electrons. The molecule has 0 spiro atoms. The van der Waals surface area contributed by atoms with E-state index in [1.54, 1.807) is 0 Å². The molecule has 1 aliphatic carbocycles. The molecule has 2 fully saturated rings. The van der Waals surface area contributed by atoms with Crippen LogP contribution in [0, 0.1) is 5.41 Å². The summed E-state index contributed by atoms with van der Waals surface area (Å²) >= 11 is 0. The molecule has 3 rings (SSSR count). The van der Waals surface area contributed by atoms with E-state index >= 15 is 0 Å². The normalized spacial score (nSPS) is 29.4. The van der Waals surface area contributed by atoms with E-state index in [2.05, 4.69) is 12.1 Å². The highest BCUT2D eigenvalue weighted by atomic mass is 16.5. The predicted octanol–water partition coefficient (Wildman–Crippen LogP) is 1.54. The zero-order chi connectivity index (χ0) is 14.2. The number of rotatable bonds is 4. The Labute approximate surface area is 119 Å². The second kappa shape index (κ2) is 5.19. The SMILES string of the molecule is CC1(C(=O)N(Cc2ccccc2)C2CC2)COCC1N. The Morgan fingerprint density at radius 2 is 2.10 bits per heavy atom. The molecule has 0 radical (unpaired) electrons. The minimum atomic E-state index is -0.572. The number of amides is 1. The number of hydrogen-bond acceptors (Lipinski definition) is 3. The van der Waals surface area contributed by atoms with Crippen LogP contribution in [0.2, 0.25) is 0 Å². The van der Waals surface area contributed by atoms with Gasteiger partial charge in [-0.05, 0) is 25.3 Å². The van der Waals surface area contributed by atoms with Gasteiger partial charge in [0.25, 0.3) is 0 Å². The van der Waals surface area contributed by atoms with Crippen LogP contribution in [-0.2, 0) is 16.1 Å². The topological polar surface area (TPSA) is 55.6 Å². The second-order valence-electron chi connectivity index (χ2n) is 6.19. The number of ether oxygens (including phenoxy) is 1. The van der Waals surface area contributed by atoms with Gasteiger partial charge in [0.15, 0.2) is 0 Å². The van der Waals surface area contributed by atoms with Gasteiger partial charge in [0.1, 0.15) is 0 Å². The van der Waals surface area contributed by atoms with Crippen molar-refractivity contribution in [2.45, 2.75) is 38.4 Å². The minimum absolute atomic E-state index is 0.147. The summed E-state index contributed by atoms with van der Waals surface area (Å²) in [6.07, 6.45) is 2.20. The lowest BCUT2D eigenvalue weighted by Crippen LogP contribution is -2.51. The van der Waals surface area contributed by atoms with Gasteiger partial charge < -0.3 is 15.4 Å². The molecule has 1 heterocycles. The Balaban J connectivity index is 1.79. The van der Waals surface area contributed by atoms with Crippen molar-refractivity contribution in [2.75, 3.05) is 13.2 Å². The maximum atomic E-state index is 12.9. The Hall–Kier alpha value is -1.39. The molecule has 1 aromatic rings. The van der Waals surface area contributed by atoms with Gasteiger partial charge in [-0.1, -0.05) is 30.3 Å². The molecule has 4 heteroatoms. The van der Waals surface area contributed by atoms with E-state index < -0.39 is 5.41 Å². The molecular formula is C16H22N2O2. The Kier molecular flexibility index (Phi) is 3.52. The van der Waals surface area contributed by atoms with Crippen molar-refractivity contribution in [3.8, 4) is 0 Å². The van der Waals surface area contributed by atoms with Crippen molar-refractivity contribution in [1.82, 2.24) is 4.90 Å². The first kappa shape index (κ1) is 13.6. The Bertz CT molecular complexity index is 487. The number of carbonyl (C=O) groups is 1. The van der Waals surface area contributed by atoms with Gasteiger partial charge in [-0.2, -0.15) is 0 Å². The van der Waals surface area contributed by atoms with Crippen molar-refractivity contribution >= 4 is 5.91 Å². The summed E-state index contributed by atoms with van der Waals surface area (Å²) in [5, 5.41) is 0. The summed E-state index contributed by atoms with van der Waals surface area (Å²) in [4.78, 5) is 14.9. The zero-order valence-corrected chi connectivity index (χ0v) is 11.9. The van der Waals surface area contributed by atoms with Crippen molar-refractivity contribution in [3.05, 3.63) is 35.9 Å². The summed E-state index contributed by atoms with van der Waals surface area (Å²) in [5.74, 6) is 0.147. The molecule has 2 atom stereocenters. The molecule has 1 aromatic carbocycles. The summed E-state index contributed by atoms with van der Waals surface area (Å²) in [6, 6.07) is 10.3. The van der Waals surface area contributed by atoms with Gasteiger partial charge in [0.2, 0.25) is 5.91 Å². The third-order valence-corrected chi connectivity index (χ3v) is 4.45. The van der Waals surface area contributed by atoms with Crippen molar-refractivity contribution in [1.29, 1.82) is 0 Å². The maximum absolute atomic E-state index is 12.9. The maximum Gasteiger partial charge on any atom is 0.233 e. The van der Waals surface area contributed by atoms with Crippen molar-refractivity contribution in [3.63, 3.8) is 0 Å². The van der Waals surface area contributed by atoms with Crippen molar-refractivity contribution in [2.24, 2.45) is 11.1 Å². The average Bonchev–Trinajstić information content (AvgIpc) is 3.24. The lowest BCUT2D eigenvalue weighted by molar-refractivity contribution is -0.143. The van der Waals surface area contributed by atoms with Crippen LogP contribution >= 0.6 is 0 Å². The fraction of sp³-hybridized carbons (Fsp3) is 0.562. The molecular weight excluding hydrogens is 252 g/mol. The van der Waals surface area contributed by atoms with Crippen molar-refractivity contribution < 1.29 is 9.53 Å². The molecule has 1 saturated heterocycles. The van der Waals surface area contributed by atoms with Crippen LogP contribution in [0.1, 0.15) is 25.3 Å². The van der Waals surface area contributed by atoms with E-state index in [-0.39, 0.29) is 11.9 Å². The van der Waals surface area contributed by atoms with E-state index in [4.69, 9.17) is 10.5 Å². The largest absolute Gasteiger partial charge is 0.379 e. The highest BCUT2D eigenvalue weighted by Gasteiger charge is 2.48. The standard InChI is InChI=1S/C16H22N2O2/c1-16(11-20-10-14(16)17)15(19)18(13-7-8-13)9-12-5-3-2-4-6-12/h2-6,13-14H,7-11,17H2,1H3. The van der Waals surface area contributed by atoms with Crippen LogP contribution in [0.4, 0.5) is 0 Å². The average molecular weight is 274 g/mol. The molecule has 2 N–H and O–H groups in total. The fourth-order valence-electron chi connectivity index (χ4n) is 2.77. The van der Waals surface area contributed by atoms with Crippen LogP contribution in [0.5, 0.6) is 0 Å². The molecule has 1 aliphatic heterocycles. The number of benzene rings is 1. The van der Waals surface area contributed by atoms with E-state index in [9.17, 15) is 4.79 Å². The monoisotopic (exact) mass is 274 g/mol.